The number of carbonyl (C=O) groups is 3. The highest BCUT2D eigenvalue weighted by molar-refractivity contribution is 7.91. The van der Waals surface area contributed by atoms with Crippen molar-refractivity contribution in [2.24, 2.45) is 5.92 Å². The van der Waals surface area contributed by atoms with E-state index < -0.39 is 45.9 Å². The summed E-state index contributed by atoms with van der Waals surface area (Å²) in [4.78, 5) is 42.2. The van der Waals surface area contributed by atoms with Crippen LogP contribution in [-0.2, 0) is 26.0 Å². The van der Waals surface area contributed by atoms with Crippen molar-refractivity contribution in [3.63, 3.8) is 0 Å². The van der Waals surface area contributed by atoms with Crippen LogP contribution in [0.15, 0.2) is 46.7 Å². The van der Waals surface area contributed by atoms with Crippen LogP contribution in [0.4, 0.5) is 5.69 Å². The maximum absolute atomic E-state index is 13.7. The number of nitrogens with one attached hydrogen (secondary N) is 2. The number of piperidine rings is 2. The molecule has 0 spiro atoms. The molecule has 3 aliphatic rings. The Hall–Kier alpha value is -2.45. The minimum atomic E-state index is -4.12. The molecule has 43 heavy (non-hydrogen) atoms. The van der Waals surface area contributed by atoms with Gasteiger partial charge in [-0.2, -0.15) is 4.31 Å². The first-order valence-electron chi connectivity index (χ1n) is 13.1. The number of anilines is 1. The highest BCUT2D eigenvalue weighted by Crippen LogP contribution is 2.45. The fraction of sp³-hybridized carbons (Fsp3) is 0.333. The lowest BCUT2D eigenvalue weighted by atomic mass is 9.76. The number of nitrogens with zero attached hydrogens (tertiary/aromatic N) is 2. The standard InChI is InChI=1S/C27H24Cl4N4O6S2/c28-18-12-22(42-24(18)31)43(40,41)35-17-7-3-14(4-8-17)23(35)26(37)33-19(27(38)39)9-13-1-5-16(6-2-13)32-25(36)15-10-20(29)34-21(30)11-15/h1-2,5-6,10-12,14,17,19,23H,3-4,7-9H2,(H,32,36)(H,33,37)(H,38,39)/t14?,17?,19-,23-/m0/s1. The van der Waals surface area contributed by atoms with E-state index >= 15 is 0 Å². The molecule has 2 aliphatic heterocycles. The van der Waals surface area contributed by atoms with E-state index in [0.29, 0.717) is 36.9 Å². The number of pyridine rings is 1. The predicted molar refractivity (Wildman–Crippen MR) is 165 cm³/mol. The molecular weight excluding hydrogens is 682 g/mol. The molecule has 1 aromatic carbocycles. The molecule has 3 aromatic rings. The molecule has 2 saturated heterocycles. The van der Waals surface area contributed by atoms with E-state index in [4.69, 9.17) is 46.4 Å². The lowest BCUT2D eigenvalue weighted by Gasteiger charge is -2.49. The van der Waals surface area contributed by atoms with Gasteiger partial charge in [-0.3, -0.25) is 9.59 Å². The SMILES string of the molecule is O=C(Nc1ccc(C[C@H](NC(=O)[C@@H]2C3CCC(CC3)N2S(=O)(=O)c2cc(Cl)c(Cl)s2)C(=O)O)cc1)c1cc(Cl)nc(Cl)c1. The average Bonchev–Trinajstić information content (AvgIpc) is 3.31. The van der Waals surface area contributed by atoms with E-state index in [-0.39, 0.29) is 41.8 Å². The van der Waals surface area contributed by atoms with Gasteiger partial charge in [0.05, 0.1) is 5.02 Å². The van der Waals surface area contributed by atoms with Crippen LogP contribution >= 0.6 is 57.7 Å². The molecule has 2 amide bonds. The first-order chi connectivity index (χ1) is 20.3. The topological polar surface area (TPSA) is 146 Å². The summed E-state index contributed by atoms with van der Waals surface area (Å²) in [6, 6.07) is 7.63. The molecule has 0 unspecified atom stereocenters. The smallest absolute Gasteiger partial charge is 0.326 e. The van der Waals surface area contributed by atoms with E-state index in [1.54, 1.807) is 24.3 Å². The van der Waals surface area contributed by atoms with Crippen molar-refractivity contribution in [3.8, 4) is 0 Å². The zero-order valence-corrected chi connectivity index (χ0v) is 26.8. The van der Waals surface area contributed by atoms with Gasteiger partial charge in [0.2, 0.25) is 5.91 Å². The second-order valence-electron chi connectivity index (χ2n) is 10.3. The van der Waals surface area contributed by atoms with Crippen molar-refractivity contribution in [2.45, 2.75) is 54.4 Å². The van der Waals surface area contributed by atoms with E-state index in [0.717, 1.165) is 11.3 Å². The molecule has 4 heterocycles. The Morgan fingerprint density at radius 1 is 1.00 bits per heavy atom. The number of carboxylic acids is 1. The first kappa shape index (κ1) is 32.0. The lowest BCUT2D eigenvalue weighted by molar-refractivity contribution is -0.143. The monoisotopic (exact) mass is 704 g/mol. The van der Waals surface area contributed by atoms with Crippen molar-refractivity contribution in [3.05, 3.63) is 73.3 Å². The van der Waals surface area contributed by atoms with Crippen LogP contribution in [0.2, 0.25) is 19.7 Å². The van der Waals surface area contributed by atoms with Crippen molar-refractivity contribution < 1.29 is 27.9 Å². The van der Waals surface area contributed by atoms with Crippen LogP contribution in [0.3, 0.4) is 0 Å². The molecule has 3 fully saturated rings. The molecule has 2 aromatic heterocycles. The minimum absolute atomic E-state index is 0.0649. The lowest BCUT2D eigenvalue weighted by Crippen LogP contribution is -2.63. The van der Waals surface area contributed by atoms with Gasteiger partial charge < -0.3 is 15.7 Å². The van der Waals surface area contributed by atoms with Gasteiger partial charge in [0.25, 0.3) is 15.9 Å². The second-order valence-corrected chi connectivity index (χ2v) is 15.2. The largest absolute Gasteiger partial charge is 0.480 e. The maximum atomic E-state index is 13.7. The van der Waals surface area contributed by atoms with E-state index in [1.807, 2.05) is 0 Å². The number of carboxylic acid groups (broad SMARTS) is 1. The summed E-state index contributed by atoms with van der Waals surface area (Å²) in [5.41, 5.74) is 1.21. The van der Waals surface area contributed by atoms with Gasteiger partial charge in [0.15, 0.2) is 0 Å². The molecular formula is C27H24Cl4N4O6S2. The van der Waals surface area contributed by atoms with Crippen molar-refractivity contribution in [1.82, 2.24) is 14.6 Å². The number of aliphatic carboxylic acids is 1. The molecule has 6 rings (SSSR count). The fourth-order valence-electron chi connectivity index (χ4n) is 5.56. The zero-order valence-electron chi connectivity index (χ0n) is 22.1. The van der Waals surface area contributed by atoms with Gasteiger partial charge >= 0.3 is 5.97 Å². The summed E-state index contributed by atoms with van der Waals surface area (Å²) in [6.45, 7) is 0. The zero-order chi connectivity index (χ0) is 31.1. The van der Waals surface area contributed by atoms with Crippen LogP contribution in [0.5, 0.6) is 0 Å². The molecule has 228 valence electrons. The molecule has 10 nitrogen and oxygen atoms in total. The van der Waals surface area contributed by atoms with Crippen LogP contribution in [-0.4, -0.2) is 58.7 Å². The highest BCUT2D eigenvalue weighted by atomic mass is 35.5. The summed E-state index contributed by atoms with van der Waals surface area (Å²) >= 11 is 24.6. The van der Waals surface area contributed by atoms with E-state index in [2.05, 4.69) is 15.6 Å². The molecule has 1 aliphatic carbocycles. The number of benzene rings is 1. The third-order valence-corrected chi connectivity index (χ3v) is 12.2. The predicted octanol–water partition coefficient (Wildman–Crippen LogP) is 5.75. The average molecular weight is 706 g/mol. The summed E-state index contributed by atoms with van der Waals surface area (Å²) in [5.74, 6) is -2.67. The molecule has 16 heteroatoms. The fourth-order valence-corrected chi connectivity index (χ4v) is 9.90. The molecule has 2 bridgehead atoms. The Balaban J connectivity index is 1.30. The number of rotatable bonds is 9. The number of carbonyl (C=O) groups excluding carboxylic acids is 2. The number of halogens is 4. The summed E-state index contributed by atoms with van der Waals surface area (Å²) in [5, 5.41) is 15.4. The summed E-state index contributed by atoms with van der Waals surface area (Å²) in [7, 11) is -4.12. The van der Waals surface area contributed by atoms with Gasteiger partial charge in [-0.25, -0.2) is 18.2 Å². The van der Waals surface area contributed by atoms with Gasteiger partial charge in [-0.05, 0) is 67.5 Å². The summed E-state index contributed by atoms with van der Waals surface area (Å²) in [6.07, 6.45) is 2.45. The van der Waals surface area contributed by atoms with E-state index in [1.165, 1.54) is 22.5 Å². The van der Waals surface area contributed by atoms with Crippen LogP contribution < -0.4 is 10.6 Å². The number of sulfonamides is 1. The van der Waals surface area contributed by atoms with Crippen molar-refractivity contribution in [2.75, 3.05) is 5.32 Å². The Labute approximate surface area is 271 Å². The summed E-state index contributed by atoms with van der Waals surface area (Å²) < 4.78 is 28.6. The van der Waals surface area contributed by atoms with Gasteiger partial charge in [0.1, 0.15) is 30.9 Å². The number of hydrogen-bond acceptors (Lipinski definition) is 7. The van der Waals surface area contributed by atoms with Crippen molar-refractivity contribution in [1.29, 1.82) is 0 Å². The van der Waals surface area contributed by atoms with Crippen LogP contribution in [0, 0.1) is 5.92 Å². The van der Waals surface area contributed by atoms with Crippen LogP contribution in [0.1, 0.15) is 41.6 Å². The Bertz CT molecular complexity index is 1640. The number of hydrogen-bond donors (Lipinski definition) is 3. The molecule has 2 atom stereocenters. The van der Waals surface area contributed by atoms with Crippen LogP contribution in [0.25, 0.3) is 0 Å². The number of thiophene rings is 1. The first-order valence-corrected chi connectivity index (χ1v) is 16.8. The normalized spacial score (nSPS) is 20.9. The van der Waals surface area contributed by atoms with Gasteiger partial charge in [0, 0.05) is 23.7 Å². The third kappa shape index (κ3) is 6.95. The maximum Gasteiger partial charge on any atom is 0.326 e. The number of fused-ring (bicyclic) bond motifs is 3. The second kappa shape index (κ2) is 12.9. The number of aromatic nitrogens is 1. The molecule has 1 saturated carbocycles. The highest BCUT2D eigenvalue weighted by Gasteiger charge is 2.51. The quantitative estimate of drug-likeness (QED) is 0.240. The molecule has 0 radical (unpaired) electrons. The Morgan fingerprint density at radius 3 is 2.19 bits per heavy atom. The minimum Gasteiger partial charge on any atom is -0.480 e. The number of amides is 2. The third-order valence-electron chi connectivity index (χ3n) is 7.54. The van der Waals surface area contributed by atoms with E-state index in [9.17, 15) is 27.9 Å². The Morgan fingerprint density at radius 2 is 1.63 bits per heavy atom. The van der Waals surface area contributed by atoms with Gasteiger partial charge in [-0.15, -0.1) is 11.3 Å². The Kier molecular flexibility index (Phi) is 9.57. The van der Waals surface area contributed by atoms with Crippen molar-refractivity contribution >= 4 is 91.2 Å². The van der Waals surface area contributed by atoms with Gasteiger partial charge in [-0.1, -0.05) is 58.5 Å². The molecule has 3 N–H and O–H groups in total.